The first kappa shape index (κ1) is 17.3. The maximum Gasteiger partial charge on any atom is 0.424 e. The maximum atomic E-state index is 13.1. The van der Waals surface area contributed by atoms with Crippen LogP contribution in [-0.4, -0.2) is 48.3 Å². The fraction of sp³-hybridized carbons (Fsp3) is 0.857. The molecule has 22 heavy (non-hydrogen) atoms. The van der Waals surface area contributed by atoms with E-state index in [0.717, 1.165) is 12.8 Å². The van der Waals surface area contributed by atoms with E-state index in [1.54, 1.807) is 0 Å². The van der Waals surface area contributed by atoms with Crippen molar-refractivity contribution in [1.29, 1.82) is 0 Å². The van der Waals surface area contributed by atoms with Gasteiger partial charge in [0.1, 0.15) is 5.82 Å². The lowest BCUT2D eigenvalue weighted by Gasteiger charge is -2.41. The Labute approximate surface area is 125 Å². The highest BCUT2D eigenvalue weighted by Gasteiger charge is 2.55. The molecular weight excluding hydrogens is 310 g/mol. The Morgan fingerprint density at radius 2 is 0.864 bits per heavy atom. The van der Waals surface area contributed by atoms with Gasteiger partial charge in [-0.15, -0.1) is 0 Å². The van der Waals surface area contributed by atoms with Crippen molar-refractivity contribution in [3.8, 4) is 0 Å². The smallest absolute Gasteiger partial charge is 0.358 e. The van der Waals surface area contributed by atoms with Gasteiger partial charge in [-0.3, -0.25) is 0 Å². The van der Waals surface area contributed by atoms with Gasteiger partial charge in [0.15, 0.2) is 5.57 Å². The van der Waals surface area contributed by atoms with Crippen molar-refractivity contribution in [2.75, 3.05) is 26.2 Å². The van der Waals surface area contributed by atoms with Crippen LogP contribution < -0.4 is 0 Å². The number of rotatable bonds is 2. The molecule has 2 aliphatic rings. The first-order valence-corrected chi connectivity index (χ1v) is 7.60. The van der Waals surface area contributed by atoms with Crippen LogP contribution in [0.1, 0.15) is 38.5 Å². The molecule has 0 aromatic carbocycles. The zero-order chi connectivity index (χ0) is 16.4. The van der Waals surface area contributed by atoms with E-state index in [9.17, 15) is 26.3 Å². The molecular formula is C14H20F6N2. The van der Waals surface area contributed by atoms with Crippen molar-refractivity contribution < 1.29 is 26.3 Å². The molecule has 2 nitrogen and oxygen atoms in total. The molecule has 128 valence electrons. The molecule has 0 bridgehead atoms. The highest BCUT2D eigenvalue weighted by atomic mass is 19.4. The predicted octanol–water partition coefficient (Wildman–Crippen LogP) is 4.29. The minimum absolute atomic E-state index is 0.251. The fourth-order valence-electron chi connectivity index (χ4n) is 3.14. The molecule has 0 aliphatic carbocycles. The highest BCUT2D eigenvalue weighted by Crippen LogP contribution is 2.43. The highest BCUT2D eigenvalue weighted by molar-refractivity contribution is 5.23. The Hall–Kier alpha value is -1.08. The lowest BCUT2D eigenvalue weighted by molar-refractivity contribution is -0.177. The van der Waals surface area contributed by atoms with Gasteiger partial charge in [-0.25, -0.2) is 0 Å². The van der Waals surface area contributed by atoms with Crippen LogP contribution in [0.5, 0.6) is 0 Å². The van der Waals surface area contributed by atoms with Crippen LogP contribution in [0.3, 0.4) is 0 Å². The summed E-state index contributed by atoms with van der Waals surface area (Å²) < 4.78 is 78.9. The number of hydrogen-bond donors (Lipinski definition) is 0. The van der Waals surface area contributed by atoms with E-state index in [4.69, 9.17) is 0 Å². The zero-order valence-electron chi connectivity index (χ0n) is 12.2. The van der Waals surface area contributed by atoms with Crippen LogP contribution in [-0.2, 0) is 0 Å². The van der Waals surface area contributed by atoms with Crippen LogP contribution in [0, 0.1) is 0 Å². The summed E-state index contributed by atoms with van der Waals surface area (Å²) in [7, 11) is 0. The van der Waals surface area contributed by atoms with Crippen LogP contribution in [0.4, 0.5) is 26.3 Å². The number of halogens is 6. The Kier molecular flexibility index (Phi) is 5.17. The van der Waals surface area contributed by atoms with Crippen molar-refractivity contribution in [3.05, 3.63) is 11.4 Å². The lowest BCUT2D eigenvalue weighted by atomic mass is 10.1. The number of allylic oxidation sites excluding steroid dienone is 1. The molecule has 2 saturated heterocycles. The van der Waals surface area contributed by atoms with Crippen molar-refractivity contribution in [1.82, 2.24) is 9.80 Å². The molecule has 0 radical (unpaired) electrons. The SMILES string of the molecule is FC(F)(F)C(=C(N1CCCCC1)N1CCCCC1)C(F)(F)F. The molecule has 0 amide bonds. The number of nitrogens with zero attached hydrogens (tertiary/aromatic N) is 2. The molecule has 0 N–H and O–H groups in total. The van der Waals surface area contributed by atoms with Gasteiger partial charge in [-0.1, -0.05) is 0 Å². The van der Waals surface area contributed by atoms with Gasteiger partial charge < -0.3 is 9.80 Å². The molecule has 0 spiro atoms. The molecule has 2 aliphatic heterocycles. The average molecular weight is 330 g/mol. The third-order valence-electron chi connectivity index (χ3n) is 4.10. The van der Waals surface area contributed by atoms with Crippen LogP contribution in [0.25, 0.3) is 0 Å². The van der Waals surface area contributed by atoms with E-state index >= 15 is 0 Å². The normalized spacial score (nSPS) is 21.0. The standard InChI is InChI=1S/C14H20F6N2/c15-13(16,17)11(14(18,19)20)12(21-7-3-1-4-8-21)22-9-5-2-6-10-22/h1-10H2. The molecule has 2 heterocycles. The monoisotopic (exact) mass is 330 g/mol. The van der Waals surface area contributed by atoms with E-state index < -0.39 is 23.7 Å². The minimum Gasteiger partial charge on any atom is -0.358 e. The number of hydrogen-bond acceptors (Lipinski definition) is 2. The van der Waals surface area contributed by atoms with Gasteiger partial charge >= 0.3 is 12.4 Å². The van der Waals surface area contributed by atoms with E-state index in [1.165, 1.54) is 9.80 Å². The first-order chi connectivity index (χ1) is 10.2. The van der Waals surface area contributed by atoms with Crippen molar-refractivity contribution in [3.63, 3.8) is 0 Å². The van der Waals surface area contributed by atoms with Crippen molar-refractivity contribution in [2.24, 2.45) is 0 Å². The van der Waals surface area contributed by atoms with Gasteiger partial charge in [0, 0.05) is 26.2 Å². The van der Waals surface area contributed by atoms with E-state index in [0.29, 0.717) is 25.7 Å². The maximum absolute atomic E-state index is 13.1. The second-order valence-corrected chi connectivity index (χ2v) is 5.79. The van der Waals surface area contributed by atoms with Gasteiger partial charge in [0.2, 0.25) is 0 Å². The summed E-state index contributed by atoms with van der Waals surface area (Å²) in [6, 6.07) is 0. The summed E-state index contributed by atoms with van der Waals surface area (Å²) in [5, 5.41) is 0. The Morgan fingerprint density at radius 3 is 1.14 bits per heavy atom. The topological polar surface area (TPSA) is 6.48 Å². The fourth-order valence-corrected chi connectivity index (χ4v) is 3.14. The predicted molar refractivity (Wildman–Crippen MR) is 70.0 cm³/mol. The Morgan fingerprint density at radius 1 is 0.545 bits per heavy atom. The molecule has 0 aromatic heterocycles. The second kappa shape index (κ2) is 6.58. The van der Waals surface area contributed by atoms with Crippen molar-refractivity contribution >= 4 is 0 Å². The summed E-state index contributed by atoms with van der Waals surface area (Å²) in [4.78, 5) is 2.57. The summed E-state index contributed by atoms with van der Waals surface area (Å²) in [5.74, 6) is -0.653. The number of piperidine rings is 2. The molecule has 0 aromatic rings. The summed E-state index contributed by atoms with van der Waals surface area (Å²) in [6.07, 6.45) is -6.61. The van der Waals surface area contributed by atoms with Gasteiger partial charge in [-0.05, 0) is 38.5 Å². The Balaban J connectivity index is 2.48. The van der Waals surface area contributed by atoms with Crippen LogP contribution in [0.15, 0.2) is 11.4 Å². The van der Waals surface area contributed by atoms with E-state index in [2.05, 4.69) is 0 Å². The van der Waals surface area contributed by atoms with Gasteiger partial charge in [0.05, 0.1) is 0 Å². The largest absolute Gasteiger partial charge is 0.424 e. The lowest BCUT2D eigenvalue weighted by Crippen LogP contribution is -2.45. The number of likely N-dealkylation sites (tertiary alicyclic amines) is 2. The molecule has 0 saturated carbocycles. The molecule has 0 unspecified atom stereocenters. The first-order valence-electron chi connectivity index (χ1n) is 7.60. The molecule has 8 heteroatoms. The minimum atomic E-state index is -5.40. The van der Waals surface area contributed by atoms with Gasteiger partial charge in [0.25, 0.3) is 0 Å². The van der Waals surface area contributed by atoms with Crippen LogP contribution in [0.2, 0.25) is 0 Å². The third kappa shape index (κ3) is 4.01. The van der Waals surface area contributed by atoms with Crippen LogP contribution >= 0.6 is 0 Å². The number of alkyl halides is 6. The van der Waals surface area contributed by atoms with Crippen molar-refractivity contribution in [2.45, 2.75) is 50.9 Å². The molecule has 2 rings (SSSR count). The van der Waals surface area contributed by atoms with E-state index in [-0.39, 0.29) is 26.2 Å². The molecule has 2 fully saturated rings. The average Bonchev–Trinajstić information content (AvgIpc) is 2.44. The van der Waals surface area contributed by atoms with Gasteiger partial charge in [-0.2, -0.15) is 26.3 Å². The summed E-state index contributed by atoms with van der Waals surface area (Å²) >= 11 is 0. The zero-order valence-corrected chi connectivity index (χ0v) is 12.2. The summed E-state index contributed by atoms with van der Waals surface area (Å²) in [5.41, 5.74) is -2.34. The molecule has 0 atom stereocenters. The Bertz CT molecular complexity index is 365. The third-order valence-corrected chi connectivity index (χ3v) is 4.10. The summed E-state index contributed by atoms with van der Waals surface area (Å²) in [6.45, 7) is 1.01. The second-order valence-electron chi connectivity index (χ2n) is 5.79. The van der Waals surface area contributed by atoms with E-state index in [1.807, 2.05) is 0 Å². The quantitative estimate of drug-likeness (QED) is 0.697.